The largest absolute Gasteiger partial charge is 0.340 e. The molecule has 0 spiro atoms. The van der Waals surface area contributed by atoms with Crippen molar-refractivity contribution in [3.8, 4) is 10.4 Å². The number of nitrogens with one attached hydrogen (secondary N) is 1. The molecule has 3 rings (SSSR count). The second kappa shape index (κ2) is 8.00. The van der Waals surface area contributed by atoms with Crippen LogP contribution in [-0.4, -0.2) is 55.8 Å². The molecule has 2 heterocycles. The zero-order chi connectivity index (χ0) is 20.5. The highest BCUT2D eigenvalue weighted by atomic mass is 32.2. The van der Waals surface area contributed by atoms with E-state index in [1.165, 1.54) is 28.4 Å². The van der Waals surface area contributed by atoms with Crippen molar-refractivity contribution < 1.29 is 22.4 Å². The van der Waals surface area contributed by atoms with E-state index in [0.717, 1.165) is 16.0 Å². The number of hydrogen-bond donors (Lipinski definition) is 1. The molecule has 1 aromatic carbocycles. The van der Waals surface area contributed by atoms with Crippen LogP contribution in [0, 0.1) is 12.7 Å². The third-order valence-corrected chi connectivity index (χ3v) is 7.52. The lowest BCUT2D eigenvalue weighted by molar-refractivity contribution is -0.132. The SMILES string of the molecule is Cc1cc(C(=O)NC(C)C(=O)N2CCS(=O)(=O)CC2)sc1-c1ccc(F)cc1. The molecule has 6 nitrogen and oxygen atoms in total. The fourth-order valence-corrected chi connectivity index (χ4v) is 5.30. The van der Waals surface area contributed by atoms with Gasteiger partial charge in [0.25, 0.3) is 5.91 Å². The second-order valence-electron chi connectivity index (χ2n) is 6.80. The molecule has 1 aromatic heterocycles. The monoisotopic (exact) mass is 424 g/mol. The van der Waals surface area contributed by atoms with Crippen molar-refractivity contribution in [2.45, 2.75) is 19.9 Å². The topological polar surface area (TPSA) is 83.6 Å². The first kappa shape index (κ1) is 20.5. The highest BCUT2D eigenvalue weighted by molar-refractivity contribution is 7.91. The van der Waals surface area contributed by atoms with E-state index in [1.807, 2.05) is 6.92 Å². The molecule has 150 valence electrons. The Morgan fingerprint density at radius 1 is 1.18 bits per heavy atom. The zero-order valence-electron chi connectivity index (χ0n) is 15.6. The molecule has 1 atom stereocenters. The molecule has 1 N–H and O–H groups in total. The van der Waals surface area contributed by atoms with Gasteiger partial charge in [-0.15, -0.1) is 11.3 Å². The van der Waals surface area contributed by atoms with E-state index in [0.29, 0.717) is 4.88 Å². The van der Waals surface area contributed by atoms with Gasteiger partial charge in [-0.1, -0.05) is 12.1 Å². The van der Waals surface area contributed by atoms with Crippen LogP contribution < -0.4 is 5.32 Å². The molecule has 0 bridgehead atoms. The van der Waals surface area contributed by atoms with Gasteiger partial charge in [-0.2, -0.15) is 0 Å². The van der Waals surface area contributed by atoms with Gasteiger partial charge in [0, 0.05) is 18.0 Å². The second-order valence-corrected chi connectivity index (χ2v) is 10.2. The summed E-state index contributed by atoms with van der Waals surface area (Å²) in [6.45, 7) is 3.75. The maximum atomic E-state index is 13.1. The van der Waals surface area contributed by atoms with E-state index >= 15 is 0 Å². The number of sulfone groups is 1. The van der Waals surface area contributed by atoms with Crippen molar-refractivity contribution in [2.24, 2.45) is 0 Å². The first-order valence-electron chi connectivity index (χ1n) is 8.83. The molecule has 0 saturated carbocycles. The predicted octanol–water partition coefficient (Wildman–Crippen LogP) is 2.24. The van der Waals surface area contributed by atoms with Crippen LogP contribution >= 0.6 is 11.3 Å². The quantitative estimate of drug-likeness (QED) is 0.816. The number of halogens is 1. The van der Waals surface area contributed by atoms with Crippen LogP contribution in [0.2, 0.25) is 0 Å². The van der Waals surface area contributed by atoms with E-state index in [-0.39, 0.29) is 42.2 Å². The van der Waals surface area contributed by atoms with Gasteiger partial charge in [0.1, 0.15) is 11.9 Å². The summed E-state index contributed by atoms with van der Waals surface area (Å²) >= 11 is 1.28. The summed E-state index contributed by atoms with van der Waals surface area (Å²) in [5, 5.41) is 2.69. The van der Waals surface area contributed by atoms with E-state index in [1.54, 1.807) is 25.1 Å². The summed E-state index contributed by atoms with van der Waals surface area (Å²) in [5.74, 6) is -1.09. The Hall–Kier alpha value is -2.26. The van der Waals surface area contributed by atoms with Gasteiger partial charge in [-0.3, -0.25) is 9.59 Å². The standard InChI is InChI=1S/C19H21FN2O4S2/c1-12-11-16(27-17(12)14-3-5-15(20)6-4-14)18(23)21-13(2)19(24)22-7-9-28(25,26)10-8-22/h3-6,11,13H,7-10H2,1-2H3,(H,21,23). The number of carbonyl (C=O) groups excluding carboxylic acids is 2. The molecule has 2 amide bonds. The Morgan fingerprint density at radius 3 is 2.39 bits per heavy atom. The molecule has 0 radical (unpaired) electrons. The minimum absolute atomic E-state index is 0.0510. The Bertz CT molecular complexity index is 985. The number of hydrogen-bond acceptors (Lipinski definition) is 5. The van der Waals surface area contributed by atoms with Crippen molar-refractivity contribution in [3.63, 3.8) is 0 Å². The average Bonchev–Trinajstić information content (AvgIpc) is 3.03. The molecule has 1 unspecified atom stereocenters. The van der Waals surface area contributed by atoms with Gasteiger partial charge in [0.2, 0.25) is 5.91 Å². The molecule has 9 heteroatoms. The summed E-state index contributed by atoms with van der Waals surface area (Å²) in [6, 6.07) is 7.04. The first-order chi connectivity index (χ1) is 13.2. The third kappa shape index (κ3) is 4.59. The van der Waals surface area contributed by atoms with Crippen LogP contribution in [0.3, 0.4) is 0 Å². The van der Waals surface area contributed by atoms with Gasteiger partial charge in [-0.05, 0) is 43.2 Å². The van der Waals surface area contributed by atoms with Crippen molar-refractivity contribution in [1.29, 1.82) is 0 Å². The number of thiophene rings is 1. The first-order valence-corrected chi connectivity index (χ1v) is 11.5. The fraction of sp³-hybridized carbons (Fsp3) is 0.368. The van der Waals surface area contributed by atoms with Crippen molar-refractivity contribution in [1.82, 2.24) is 10.2 Å². The zero-order valence-corrected chi connectivity index (χ0v) is 17.2. The van der Waals surface area contributed by atoms with Crippen LogP contribution in [-0.2, 0) is 14.6 Å². The number of nitrogens with zero attached hydrogens (tertiary/aromatic N) is 1. The van der Waals surface area contributed by atoms with E-state index < -0.39 is 15.9 Å². The van der Waals surface area contributed by atoms with Crippen LogP contribution in [0.15, 0.2) is 30.3 Å². The van der Waals surface area contributed by atoms with Crippen LogP contribution in [0.5, 0.6) is 0 Å². The highest BCUT2D eigenvalue weighted by Gasteiger charge is 2.29. The number of carbonyl (C=O) groups is 2. The van der Waals surface area contributed by atoms with Crippen molar-refractivity contribution >= 4 is 33.0 Å². The summed E-state index contributed by atoms with van der Waals surface area (Å²) in [4.78, 5) is 27.8. The van der Waals surface area contributed by atoms with Crippen LogP contribution in [0.1, 0.15) is 22.2 Å². The molecule has 0 aliphatic carbocycles. The van der Waals surface area contributed by atoms with E-state index in [4.69, 9.17) is 0 Å². The lowest BCUT2D eigenvalue weighted by Crippen LogP contribution is -2.51. The van der Waals surface area contributed by atoms with Gasteiger partial charge in [-0.25, -0.2) is 12.8 Å². The van der Waals surface area contributed by atoms with Gasteiger partial charge < -0.3 is 10.2 Å². The number of aryl methyl sites for hydroxylation is 1. The van der Waals surface area contributed by atoms with E-state index in [2.05, 4.69) is 5.32 Å². The minimum atomic E-state index is -3.08. The van der Waals surface area contributed by atoms with E-state index in [9.17, 15) is 22.4 Å². The summed E-state index contributed by atoms with van der Waals surface area (Å²) in [5.41, 5.74) is 1.71. The molecule has 1 saturated heterocycles. The Labute approximate surface area is 167 Å². The molecular formula is C19H21FN2O4S2. The molecule has 2 aromatic rings. The van der Waals surface area contributed by atoms with Crippen molar-refractivity contribution in [2.75, 3.05) is 24.6 Å². The number of benzene rings is 1. The molecule has 1 fully saturated rings. The Morgan fingerprint density at radius 2 is 1.79 bits per heavy atom. The third-order valence-electron chi connectivity index (χ3n) is 4.62. The highest BCUT2D eigenvalue weighted by Crippen LogP contribution is 2.32. The fourth-order valence-electron chi connectivity index (χ4n) is 3.02. The Kier molecular flexibility index (Phi) is 5.85. The van der Waals surface area contributed by atoms with Crippen LogP contribution in [0.25, 0.3) is 10.4 Å². The summed E-state index contributed by atoms with van der Waals surface area (Å²) in [7, 11) is -3.08. The van der Waals surface area contributed by atoms with Gasteiger partial charge >= 0.3 is 0 Å². The Balaban J connectivity index is 1.67. The minimum Gasteiger partial charge on any atom is -0.340 e. The smallest absolute Gasteiger partial charge is 0.262 e. The molecular weight excluding hydrogens is 403 g/mol. The summed E-state index contributed by atoms with van der Waals surface area (Å²) in [6.07, 6.45) is 0. The maximum Gasteiger partial charge on any atom is 0.262 e. The maximum absolute atomic E-state index is 13.1. The molecule has 28 heavy (non-hydrogen) atoms. The number of rotatable bonds is 4. The van der Waals surface area contributed by atoms with Gasteiger partial charge in [0.15, 0.2) is 9.84 Å². The lowest BCUT2D eigenvalue weighted by Gasteiger charge is -2.29. The van der Waals surface area contributed by atoms with Crippen LogP contribution in [0.4, 0.5) is 4.39 Å². The predicted molar refractivity (Wildman–Crippen MR) is 107 cm³/mol. The van der Waals surface area contributed by atoms with Crippen molar-refractivity contribution in [3.05, 3.63) is 46.6 Å². The lowest BCUT2D eigenvalue weighted by atomic mass is 10.1. The average molecular weight is 425 g/mol. The molecule has 1 aliphatic rings. The summed E-state index contributed by atoms with van der Waals surface area (Å²) < 4.78 is 36.1. The number of amides is 2. The normalized spacial score (nSPS) is 17.2. The molecule has 1 aliphatic heterocycles. The van der Waals surface area contributed by atoms with Gasteiger partial charge in [0.05, 0.1) is 16.4 Å².